The molecular weight excluding hydrogens is 720 g/mol. The molecule has 0 bridgehead atoms. The van der Waals surface area contributed by atoms with Gasteiger partial charge in [0.15, 0.2) is 0 Å². The second-order valence-corrected chi connectivity index (χ2v) is 13.1. The van der Waals surface area contributed by atoms with E-state index >= 15 is 0 Å². The quantitative estimate of drug-likeness (QED) is 0.0360. The van der Waals surface area contributed by atoms with Gasteiger partial charge in [-0.25, -0.2) is 4.79 Å². The molecule has 0 radical (unpaired) electrons. The van der Waals surface area contributed by atoms with Crippen LogP contribution in [-0.2, 0) is 18.3 Å². The zero-order valence-corrected chi connectivity index (χ0v) is 31.3. The largest absolute Gasteiger partial charge is 0.692 e. The Labute approximate surface area is 318 Å². The summed E-state index contributed by atoms with van der Waals surface area (Å²) in [5, 5.41) is 10.8. The van der Waals surface area contributed by atoms with E-state index in [1.165, 1.54) is 24.4 Å². The first-order valence-corrected chi connectivity index (χ1v) is 17.9. The van der Waals surface area contributed by atoms with Crippen molar-refractivity contribution in [3.8, 4) is 17.0 Å². The summed E-state index contributed by atoms with van der Waals surface area (Å²) in [6.45, 7) is 7.07. The van der Waals surface area contributed by atoms with Crippen molar-refractivity contribution in [1.82, 2.24) is 29.8 Å². The molecule has 0 aliphatic carbocycles. The maximum atomic E-state index is 13.5. The molecular formula is C39H45BF5N7O3. The van der Waals surface area contributed by atoms with Crippen LogP contribution in [0.25, 0.3) is 17.3 Å². The van der Waals surface area contributed by atoms with Gasteiger partial charge in [0.2, 0.25) is 5.91 Å². The van der Waals surface area contributed by atoms with Crippen molar-refractivity contribution in [3.63, 3.8) is 0 Å². The normalized spacial score (nSPS) is 12.3. The van der Waals surface area contributed by atoms with Crippen LogP contribution in [0.4, 0.5) is 26.6 Å². The lowest BCUT2D eigenvalue weighted by molar-refractivity contribution is -0.274. The van der Waals surface area contributed by atoms with Gasteiger partial charge in [0, 0.05) is 55.8 Å². The third-order valence-electron chi connectivity index (χ3n) is 8.78. The number of hydrogen-bond donors (Lipinski definition) is 1. The molecule has 0 aliphatic heterocycles. The molecule has 0 atom stereocenters. The standard InChI is InChI=1S/C39H45BF5N7O3/c1-28(25-36-29(2)26-30(3)50(36)4)13-16-33(47-40(44)45)17-20-37(53)46-22-9-6-10-23-51(24-21-31-11-7-5-8-12-31)38(54)52-27-35(48-49-52)32-14-18-34(19-15-32)55-39(41,42)43/h5,7-8,11-16,18-19,25-27H,6,9-10,17,20-24H2,1-4H3,(H,46,53)/b16-13-,28-25+,47-33?. The number of unbranched alkanes of at least 4 members (excludes halogenated alkanes) is 2. The van der Waals surface area contributed by atoms with Crippen LogP contribution < -0.4 is 10.1 Å². The molecule has 16 heteroatoms. The number of allylic oxidation sites excluding steroid dienone is 3. The van der Waals surface area contributed by atoms with Crippen molar-refractivity contribution in [2.24, 2.45) is 12.0 Å². The van der Waals surface area contributed by atoms with E-state index in [-0.39, 0.29) is 30.2 Å². The number of amides is 2. The summed E-state index contributed by atoms with van der Waals surface area (Å²) in [6.07, 6.45) is 4.43. The summed E-state index contributed by atoms with van der Waals surface area (Å²) in [5.74, 6) is -0.655. The van der Waals surface area contributed by atoms with E-state index in [1.54, 1.807) is 11.0 Å². The summed E-state index contributed by atoms with van der Waals surface area (Å²) < 4.78 is 71.0. The average Bonchev–Trinajstić information content (AvgIpc) is 3.72. The number of halogens is 5. The molecule has 292 valence electrons. The fourth-order valence-electron chi connectivity index (χ4n) is 5.79. The molecule has 0 unspecified atom stereocenters. The molecule has 4 aromatic rings. The number of aryl methyl sites for hydroxylation is 2. The van der Waals surface area contributed by atoms with Crippen LogP contribution >= 0.6 is 0 Å². The Balaban J connectivity index is 1.26. The minimum atomic E-state index is -4.81. The van der Waals surface area contributed by atoms with Crippen LogP contribution in [0.15, 0.2) is 89.5 Å². The molecule has 2 aromatic carbocycles. The number of nitrogens with one attached hydrogen (secondary N) is 1. The highest BCUT2D eigenvalue weighted by Crippen LogP contribution is 2.26. The summed E-state index contributed by atoms with van der Waals surface area (Å²) in [6, 6.07) is 16.4. The number of alkyl halides is 3. The van der Waals surface area contributed by atoms with Gasteiger partial charge in [0.05, 0.1) is 6.20 Å². The lowest BCUT2D eigenvalue weighted by Crippen LogP contribution is -2.37. The van der Waals surface area contributed by atoms with Crippen LogP contribution in [0.5, 0.6) is 5.75 Å². The fourth-order valence-corrected chi connectivity index (χ4v) is 5.79. The highest BCUT2D eigenvalue weighted by atomic mass is 19.4. The zero-order chi connectivity index (χ0) is 40.0. The minimum absolute atomic E-state index is 0.00189. The van der Waals surface area contributed by atoms with Gasteiger partial charge in [0.25, 0.3) is 0 Å². The number of carbonyl (C=O) groups excluding carboxylic acids is 2. The Hall–Kier alpha value is -5.54. The van der Waals surface area contributed by atoms with Gasteiger partial charge in [-0.15, -0.1) is 18.3 Å². The number of rotatable bonds is 18. The Morgan fingerprint density at radius 1 is 0.982 bits per heavy atom. The number of nitrogens with zero attached hydrogens (tertiary/aromatic N) is 6. The smallest absolute Gasteiger partial charge is 0.406 e. The molecule has 55 heavy (non-hydrogen) atoms. The molecule has 10 nitrogen and oxygen atoms in total. The average molecular weight is 766 g/mol. The monoisotopic (exact) mass is 765 g/mol. The lowest BCUT2D eigenvalue weighted by atomic mass is 10.1. The van der Waals surface area contributed by atoms with E-state index in [4.69, 9.17) is 0 Å². The SMILES string of the molecule is CC(/C=C\C(CCC(=O)NCCCCCN(CCc1ccccc1)C(=O)n1cc(-c2ccc(OC(F)(F)F)cc2)nn1)=NB(F)F)=C\c1c(C)cc(C)n1C. The van der Waals surface area contributed by atoms with Crippen molar-refractivity contribution >= 4 is 31.1 Å². The van der Waals surface area contributed by atoms with Crippen LogP contribution in [0, 0.1) is 13.8 Å². The Morgan fingerprint density at radius 2 is 1.71 bits per heavy atom. The molecule has 0 aliphatic rings. The highest BCUT2D eigenvalue weighted by Gasteiger charge is 2.31. The number of hydrogen-bond acceptors (Lipinski definition) is 6. The van der Waals surface area contributed by atoms with E-state index in [9.17, 15) is 31.4 Å². The predicted octanol–water partition coefficient (Wildman–Crippen LogP) is 8.40. The van der Waals surface area contributed by atoms with Crippen molar-refractivity contribution in [1.29, 1.82) is 0 Å². The molecule has 4 rings (SSSR count). The number of benzene rings is 2. The van der Waals surface area contributed by atoms with Gasteiger partial charge in [0.1, 0.15) is 11.4 Å². The fraction of sp³-hybridized carbons (Fsp3) is 0.359. The number of ether oxygens (including phenoxy) is 1. The molecule has 0 fully saturated rings. The van der Waals surface area contributed by atoms with Crippen LogP contribution in [0.3, 0.4) is 0 Å². The van der Waals surface area contributed by atoms with Crippen molar-refractivity contribution in [2.75, 3.05) is 19.6 Å². The van der Waals surface area contributed by atoms with Crippen LogP contribution in [0.1, 0.15) is 61.5 Å². The molecule has 1 N–H and O–H groups in total. The van der Waals surface area contributed by atoms with Crippen LogP contribution in [-0.4, -0.2) is 75.5 Å². The molecule has 2 heterocycles. The molecule has 0 saturated heterocycles. The van der Waals surface area contributed by atoms with Crippen LogP contribution in [0.2, 0.25) is 0 Å². The van der Waals surface area contributed by atoms with Gasteiger partial charge in [-0.05, 0) is 112 Å². The van der Waals surface area contributed by atoms with Crippen molar-refractivity contribution in [3.05, 3.63) is 107 Å². The summed E-state index contributed by atoms with van der Waals surface area (Å²) >= 11 is 0. The Bertz CT molecular complexity index is 1960. The molecule has 0 spiro atoms. The zero-order valence-electron chi connectivity index (χ0n) is 31.3. The van der Waals surface area contributed by atoms with Crippen molar-refractivity contribution in [2.45, 2.75) is 65.7 Å². The summed E-state index contributed by atoms with van der Waals surface area (Å²) in [5.41, 5.74) is 6.03. The van der Waals surface area contributed by atoms with Crippen molar-refractivity contribution < 1.29 is 36.1 Å². The molecule has 2 amide bonds. The molecule has 2 aromatic heterocycles. The van der Waals surface area contributed by atoms with E-state index in [2.05, 4.69) is 35.9 Å². The lowest BCUT2D eigenvalue weighted by Gasteiger charge is -2.22. The first kappa shape index (κ1) is 42.2. The Kier molecular flexibility index (Phi) is 15.5. The van der Waals surface area contributed by atoms with E-state index in [0.717, 1.165) is 44.9 Å². The van der Waals surface area contributed by atoms with E-state index in [1.807, 2.05) is 64.2 Å². The number of aromatic nitrogens is 4. The summed E-state index contributed by atoms with van der Waals surface area (Å²) in [7, 11) is -0.928. The Morgan fingerprint density at radius 3 is 2.36 bits per heavy atom. The maximum Gasteiger partial charge on any atom is 0.692 e. The highest BCUT2D eigenvalue weighted by molar-refractivity contribution is 6.43. The van der Waals surface area contributed by atoms with E-state index in [0.29, 0.717) is 56.6 Å². The minimum Gasteiger partial charge on any atom is -0.406 e. The first-order valence-electron chi connectivity index (χ1n) is 17.9. The van der Waals surface area contributed by atoms with Gasteiger partial charge >= 0.3 is 19.8 Å². The topological polar surface area (TPSA) is 107 Å². The second kappa shape index (κ2) is 20.2. The third kappa shape index (κ3) is 14.0. The van der Waals surface area contributed by atoms with Gasteiger partial charge in [-0.3, -0.25) is 18.3 Å². The maximum absolute atomic E-state index is 13.5. The van der Waals surface area contributed by atoms with Gasteiger partial charge < -0.3 is 19.5 Å². The predicted molar refractivity (Wildman–Crippen MR) is 204 cm³/mol. The first-order chi connectivity index (χ1) is 26.2. The number of carbonyl (C=O) groups is 2. The summed E-state index contributed by atoms with van der Waals surface area (Å²) in [4.78, 5) is 31.2. The molecule has 0 saturated carbocycles. The third-order valence-corrected chi connectivity index (χ3v) is 8.78. The van der Waals surface area contributed by atoms with Gasteiger partial charge in [-0.1, -0.05) is 41.6 Å². The van der Waals surface area contributed by atoms with E-state index < -0.39 is 19.8 Å². The van der Waals surface area contributed by atoms with Gasteiger partial charge in [-0.2, -0.15) is 4.68 Å². The second-order valence-electron chi connectivity index (χ2n) is 13.1.